The van der Waals surface area contributed by atoms with Crippen LogP contribution in [0.15, 0.2) is 22.8 Å². The predicted molar refractivity (Wildman–Crippen MR) is 65.5 cm³/mol. The number of rotatable bonds is 2. The third-order valence-corrected chi connectivity index (χ3v) is 4.47. The van der Waals surface area contributed by atoms with Crippen molar-refractivity contribution in [2.75, 3.05) is 13.1 Å². The topological polar surface area (TPSA) is 36.6 Å². The molecule has 2 heterocycles. The van der Waals surface area contributed by atoms with E-state index in [1.54, 1.807) is 6.26 Å². The summed E-state index contributed by atoms with van der Waals surface area (Å²) in [6, 6.07) is 3.97. The normalized spacial score (nSPS) is 34.5. The number of fused-ring (bicyclic) bond motifs is 1. The second-order valence-electron chi connectivity index (χ2n) is 5.61. The van der Waals surface area contributed by atoms with Crippen LogP contribution in [0.5, 0.6) is 0 Å². The molecule has 1 saturated carbocycles. The smallest absolute Gasteiger partial charge is 0.117 e. The van der Waals surface area contributed by atoms with E-state index in [4.69, 9.17) is 4.42 Å². The lowest BCUT2D eigenvalue weighted by atomic mass is 9.71. The Morgan fingerprint density at radius 3 is 3.18 bits per heavy atom. The molecule has 0 bridgehead atoms. The van der Waals surface area contributed by atoms with E-state index in [0.717, 1.165) is 38.2 Å². The van der Waals surface area contributed by atoms with Crippen molar-refractivity contribution in [3.63, 3.8) is 0 Å². The van der Waals surface area contributed by atoms with E-state index < -0.39 is 0 Å². The maximum Gasteiger partial charge on any atom is 0.117 e. The van der Waals surface area contributed by atoms with E-state index in [1.807, 2.05) is 12.1 Å². The number of piperidine rings is 1. The van der Waals surface area contributed by atoms with Gasteiger partial charge in [0.1, 0.15) is 5.76 Å². The number of hydrogen-bond donors (Lipinski definition) is 1. The Morgan fingerprint density at radius 2 is 2.35 bits per heavy atom. The van der Waals surface area contributed by atoms with E-state index in [1.165, 1.54) is 19.3 Å². The number of likely N-dealkylation sites (tertiary alicyclic amines) is 1. The van der Waals surface area contributed by atoms with Gasteiger partial charge in [-0.15, -0.1) is 0 Å². The van der Waals surface area contributed by atoms with Crippen LogP contribution < -0.4 is 0 Å². The lowest BCUT2D eigenvalue weighted by Gasteiger charge is -2.47. The van der Waals surface area contributed by atoms with Gasteiger partial charge >= 0.3 is 0 Å². The molecule has 2 fully saturated rings. The summed E-state index contributed by atoms with van der Waals surface area (Å²) in [5.41, 5.74) is -0.363. The highest BCUT2D eigenvalue weighted by molar-refractivity contribution is 5.01. The Labute approximate surface area is 102 Å². The van der Waals surface area contributed by atoms with E-state index in [-0.39, 0.29) is 5.60 Å². The van der Waals surface area contributed by atoms with Gasteiger partial charge in [-0.2, -0.15) is 0 Å². The SMILES string of the molecule is OC12CCCCC1CN(Cc1ccco1)CC2. The molecule has 17 heavy (non-hydrogen) atoms. The number of hydrogen-bond acceptors (Lipinski definition) is 3. The molecule has 0 spiro atoms. The van der Waals surface area contributed by atoms with E-state index >= 15 is 0 Å². The zero-order valence-electron chi connectivity index (χ0n) is 10.3. The van der Waals surface area contributed by atoms with Gasteiger partial charge in [0.15, 0.2) is 0 Å². The van der Waals surface area contributed by atoms with Crippen LogP contribution in [-0.2, 0) is 6.54 Å². The minimum Gasteiger partial charge on any atom is -0.468 e. The Hall–Kier alpha value is -0.800. The standard InChI is InChI=1S/C14H21NO2/c16-14-6-2-1-4-12(14)10-15(8-7-14)11-13-5-3-9-17-13/h3,5,9,12,16H,1-2,4,6-8,10-11H2. The Kier molecular flexibility index (Phi) is 2.97. The van der Waals surface area contributed by atoms with Gasteiger partial charge in [-0.25, -0.2) is 0 Å². The molecule has 0 radical (unpaired) electrons. The first-order chi connectivity index (χ1) is 8.26. The van der Waals surface area contributed by atoms with E-state index in [9.17, 15) is 5.11 Å². The molecule has 0 aromatic carbocycles. The molecule has 0 amide bonds. The van der Waals surface area contributed by atoms with Crippen molar-refractivity contribution in [2.45, 2.75) is 44.2 Å². The summed E-state index contributed by atoms with van der Waals surface area (Å²) in [6.45, 7) is 2.91. The summed E-state index contributed by atoms with van der Waals surface area (Å²) in [4.78, 5) is 2.42. The minimum atomic E-state index is -0.363. The first kappa shape index (κ1) is 11.3. The van der Waals surface area contributed by atoms with Gasteiger partial charge < -0.3 is 9.52 Å². The van der Waals surface area contributed by atoms with E-state index in [0.29, 0.717) is 5.92 Å². The summed E-state index contributed by atoms with van der Waals surface area (Å²) in [6.07, 6.45) is 7.33. The molecule has 3 rings (SSSR count). The molecule has 94 valence electrons. The second kappa shape index (κ2) is 4.46. The van der Waals surface area contributed by atoms with Crippen LogP contribution in [0.25, 0.3) is 0 Å². The molecule has 3 nitrogen and oxygen atoms in total. The highest BCUT2D eigenvalue weighted by atomic mass is 16.3. The summed E-state index contributed by atoms with van der Waals surface area (Å²) >= 11 is 0. The van der Waals surface area contributed by atoms with Crippen LogP contribution in [0.1, 0.15) is 37.9 Å². The average Bonchev–Trinajstić information content (AvgIpc) is 2.82. The fourth-order valence-corrected chi connectivity index (χ4v) is 3.41. The molecular weight excluding hydrogens is 214 g/mol. The quantitative estimate of drug-likeness (QED) is 0.855. The van der Waals surface area contributed by atoms with Crippen molar-refractivity contribution in [1.82, 2.24) is 4.90 Å². The Bertz CT molecular complexity index is 362. The van der Waals surface area contributed by atoms with E-state index in [2.05, 4.69) is 4.90 Å². The van der Waals surface area contributed by atoms with Gasteiger partial charge in [-0.05, 0) is 31.4 Å². The number of furan rings is 1. The van der Waals surface area contributed by atoms with Crippen LogP contribution in [-0.4, -0.2) is 28.7 Å². The van der Waals surface area contributed by atoms with Crippen LogP contribution >= 0.6 is 0 Å². The third kappa shape index (κ3) is 2.26. The molecule has 2 unspecified atom stereocenters. The van der Waals surface area contributed by atoms with Crippen LogP contribution in [0.4, 0.5) is 0 Å². The van der Waals surface area contributed by atoms with Crippen molar-refractivity contribution in [3.8, 4) is 0 Å². The fraction of sp³-hybridized carbons (Fsp3) is 0.714. The van der Waals surface area contributed by atoms with Crippen molar-refractivity contribution < 1.29 is 9.52 Å². The summed E-state index contributed by atoms with van der Waals surface area (Å²) in [5, 5.41) is 10.6. The van der Waals surface area contributed by atoms with Gasteiger partial charge in [-0.3, -0.25) is 4.90 Å². The van der Waals surface area contributed by atoms with Crippen LogP contribution in [0, 0.1) is 5.92 Å². The Balaban J connectivity index is 1.63. The fourth-order valence-electron chi connectivity index (χ4n) is 3.41. The minimum absolute atomic E-state index is 0.363. The second-order valence-corrected chi connectivity index (χ2v) is 5.61. The summed E-state index contributed by atoms with van der Waals surface area (Å²) in [7, 11) is 0. The molecule has 2 aliphatic rings. The maximum atomic E-state index is 10.6. The highest BCUT2D eigenvalue weighted by Gasteiger charge is 2.42. The molecule has 1 N–H and O–H groups in total. The van der Waals surface area contributed by atoms with Crippen molar-refractivity contribution in [1.29, 1.82) is 0 Å². The molecule has 3 heteroatoms. The Morgan fingerprint density at radius 1 is 1.41 bits per heavy atom. The zero-order chi connectivity index (χ0) is 11.7. The number of aliphatic hydroxyl groups is 1. The monoisotopic (exact) mass is 235 g/mol. The maximum absolute atomic E-state index is 10.6. The van der Waals surface area contributed by atoms with Crippen molar-refractivity contribution >= 4 is 0 Å². The van der Waals surface area contributed by atoms with Gasteiger partial charge in [0, 0.05) is 19.0 Å². The summed E-state index contributed by atoms with van der Waals surface area (Å²) < 4.78 is 5.39. The molecule has 1 aliphatic carbocycles. The van der Waals surface area contributed by atoms with Gasteiger partial charge in [-0.1, -0.05) is 12.8 Å². The average molecular weight is 235 g/mol. The van der Waals surface area contributed by atoms with Crippen molar-refractivity contribution in [3.05, 3.63) is 24.2 Å². The first-order valence-electron chi connectivity index (χ1n) is 6.73. The molecule has 1 saturated heterocycles. The lowest BCUT2D eigenvalue weighted by molar-refractivity contribution is -0.0975. The van der Waals surface area contributed by atoms with Gasteiger partial charge in [0.2, 0.25) is 0 Å². The van der Waals surface area contributed by atoms with Crippen LogP contribution in [0.3, 0.4) is 0 Å². The largest absolute Gasteiger partial charge is 0.468 e. The first-order valence-corrected chi connectivity index (χ1v) is 6.73. The van der Waals surface area contributed by atoms with Crippen LogP contribution in [0.2, 0.25) is 0 Å². The zero-order valence-corrected chi connectivity index (χ0v) is 10.3. The van der Waals surface area contributed by atoms with Gasteiger partial charge in [0.05, 0.1) is 18.4 Å². The molecule has 2 atom stereocenters. The highest BCUT2D eigenvalue weighted by Crippen LogP contribution is 2.39. The predicted octanol–water partition coefficient (Wildman–Crippen LogP) is 2.41. The number of nitrogens with zero attached hydrogens (tertiary/aromatic N) is 1. The lowest BCUT2D eigenvalue weighted by Crippen LogP contribution is -2.52. The third-order valence-electron chi connectivity index (χ3n) is 4.47. The van der Waals surface area contributed by atoms with Gasteiger partial charge in [0.25, 0.3) is 0 Å². The molecular formula is C14H21NO2. The molecule has 1 aromatic heterocycles. The molecule has 1 aliphatic heterocycles. The summed E-state index contributed by atoms with van der Waals surface area (Å²) in [5.74, 6) is 1.51. The van der Waals surface area contributed by atoms with Crippen molar-refractivity contribution in [2.24, 2.45) is 5.92 Å². The molecule has 1 aromatic rings.